The second-order valence-corrected chi connectivity index (χ2v) is 3.38. The van der Waals surface area contributed by atoms with Gasteiger partial charge < -0.3 is 49.8 Å². The molecule has 1 heterocycles. The van der Waals surface area contributed by atoms with Crippen LogP contribution in [0.15, 0.2) is 0 Å². The van der Waals surface area contributed by atoms with E-state index in [0.29, 0.717) is 0 Å². The van der Waals surface area contributed by atoms with Gasteiger partial charge in [-0.05, 0) is 6.10 Å². The largest absolute Gasteiger partial charge is 0.390 e. The summed E-state index contributed by atoms with van der Waals surface area (Å²) in [6.45, 7) is 6.97. The number of aliphatic hydroxyl groups excluding tert-OH is 3. The third-order valence-corrected chi connectivity index (χ3v) is 2.07. The van der Waals surface area contributed by atoms with Gasteiger partial charge in [-0.25, -0.2) is 0 Å². The first-order valence-corrected chi connectivity index (χ1v) is 5.06. The maximum Gasteiger partial charge on any atom is 0.183 e. The third-order valence-electron chi connectivity index (χ3n) is 2.07. The summed E-state index contributed by atoms with van der Waals surface area (Å²) in [4.78, 5) is 0. The molecule has 0 aromatic rings. The van der Waals surface area contributed by atoms with Crippen LogP contribution in [0.2, 0.25) is 0 Å². The predicted molar refractivity (Wildman–Crippen MR) is 61.2 cm³/mol. The van der Waals surface area contributed by atoms with Gasteiger partial charge in [0.2, 0.25) is 0 Å². The van der Waals surface area contributed by atoms with Crippen LogP contribution in [0, 0.1) is 26.2 Å². The molecule has 103 valence electrons. The van der Waals surface area contributed by atoms with E-state index >= 15 is 0 Å². The summed E-state index contributed by atoms with van der Waals surface area (Å²) in [6, 6.07) is 0. The molecule has 6 nitrogen and oxygen atoms in total. The van der Waals surface area contributed by atoms with Crippen molar-refractivity contribution in [3.63, 3.8) is 0 Å². The molecule has 5 N–H and O–H groups in total. The van der Waals surface area contributed by atoms with E-state index in [1.807, 2.05) is 5.92 Å². The Bertz CT molecular complexity index is 248. The van der Waals surface area contributed by atoms with Crippen LogP contribution in [-0.2, 0) is 42.2 Å². The van der Waals surface area contributed by atoms with Crippen molar-refractivity contribution < 1.29 is 57.5 Å². The van der Waals surface area contributed by atoms with E-state index in [-0.39, 0.29) is 45.9 Å². The summed E-state index contributed by atoms with van der Waals surface area (Å²) in [5.41, 5.74) is 5.20. The Hall–Kier alpha value is 0.294. The molecule has 0 saturated carbocycles. The first-order chi connectivity index (χ1) is 7.99. The SMILES string of the molecule is C#C[CH2-].[CH2-][C@H]1O[C@@H](OCCN)[C@H](O)[C@@H](O)[C@@H]1O.[Y]. The van der Waals surface area contributed by atoms with Gasteiger partial charge in [0.15, 0.2) is 6.29 Å². The van der Waals surface area contributed by atoms with Gasteiger partial charge in [0.25, 0.3) is 0 Å². The molecule has 0 bridgehead atoms. The average Bonchev–Trinajstić information content (AvgIpc) is 2.30. The zero-order valence-electron chi connectivity index (χ0n) is 10.1. The van der Waals surface area contributed by atoms with Gasteiger partial charge >= 0.3 is 0 Å². The van der Waals surface area contributed by atoms with Gasteiger partial charge in [-0.2, -0.15) is 6.92 Å². The summed E-state index contributed by atoms with van der Waals surface area (Å²) in [7, 11) is 0. The summed E-state index contributed by atoms with van der Waals surface area (Å²) < 4.78 is 10.1. The maximum atomic E-state index is 9.42. The molecule has 5 atom stereocenters. The summed E-state index contributed by atoms with van der Waals surface area (Å²) in [6.07, 6.45) is -1.12. The van der Waals surface area contributed by atoms with Crippen molar-refractivity contribution >= 4 is 0 Å². The Kier molecular flexibility index (Phi) is 12.8. The minimum atomic E-state index is -1.31. The van der Waals surface area contributed by atoms with Crippen molar-refractivity contribution in [1.82, 2.24) is 0 Å². The minimum Gasteiger partial charge on any atom is -0.390 e. The summed E-state index contributed by atoms with van der Waals surface area (Å²) in [5, 5.41) is 28.1. The molecule has 1 fully saturated rings. The molecule has 0 aromatic carbocycles. The quantitative estimate of drug-likeness (QED) is 0.353. The molecule has 0 aromatic heterocycles. The first kappa shape index (κ1) is 20.6. The van der Waals surface area contributed by atoms with Gasteiger partial charge in [-0.3, -0.25) is 0 Å². The van der Waals surface area contributed by atoms with E-state index in [2.05, 4.69) is 20.3 Å². The van der Waals surface area contributed by atoms with E-state index in [9.17, 15) is 15.3 Å². The molecule has 0 amide bonds. The zero-order chi connectivity index (χ0) is 13.4. The summed E-state index contributed by atoms with van der Waals surface area (Å²) >= 11 is 0. The Balaban J connectivity index is 0. The van der Waals surface area contributed by atoms with Crippen LogP contribution in [0.3, 0.4) is 0 Å². The molecule has 7 heteroatoms. The molecule has 0 spiro atoms. The van der Waals surface area contributed by atoms with Crippen LogP contribution < -0.4 is 5.73 Å². The monoisotopic (exact) mass is 334 g/mol. The van der Waals surface area contributed by atoms with Gasteiger partial charge in [-0.15, -0.1) is 0 Å². The third kappa shape index (κ3) is 6.46. The van der Waals surface area contributed by atoms with Crippen LogP contribution in [-0.4, -0.2) is 59.2 Å². The topological polar surface area (TPSA) is 105 Å². The van der Waals surface area contributed by atoms with Crippen molar-refractivity contribution in [2.24, 2.45) is 5.73 Å². The van der Waals surface area contributed by atoms with Crippen molar-refractivity contribution in [1.29, 1.82) is 0 Å². The molecular formula is C11H19NO5Y-2. The predicted octanol–water partition coefficient (Wildman–Crippen LogP) is -1.95. The molecule has 1 radical (unpaired) electrons. The van der Waals surface area contributed by atoms with Crippen molar-refractivity contribution in [3.05, 3.63) is 13.8 Å². The second-order valence-electron chi connectivity index (χ2n) is 3.38. The number of rotatable bonds is 3. The number of nitrogens with two attached hydrogens (primary N) is 1. The van der Waals surface area contributed by atoms with E-state index in [1.165, 1.54) is 0 Å². The second kappa shape index (κ2) is 11.1. The van der Waals surface area contributed by atoms with E-state index in [1.54, 1.807) is 0 Å². The molecule has 1 aliphatic heterocycles. The maximum absolute atomic E-state index is 9.42. The molecule has 18 heavy (non-hydrogen) atoms. The van der Waals surface area contributed by atoms with Gasteiger partial charge in [0.1, 0.15) is 12.2 Å². The van der Waals surface area contributed by atoms with Crippen molar-refractivity contribution in [2.75, 3.05) is 13.2 Å². The fraction of sp³-hybridized carbons (Fsp3) is 0.636. The first-order valence-electron chi connectivity index (χ1n) is 5.06. The standard InChI is InChI=1S/C8H16NO5.C3H3.Y/c1-4-5(10)6(11)7(12)8(14-4)13-3-2-9;1-3-2;/h4-8,10-12H,1-3,9H2;1H,2H2;/q2*-1;/t4-,5-,6+,7-,8-;;/m1../s1. The Morgan fingerprint density at radius 1 is 1.28 bits per heavy atom. The van der Waals surface area contributed by atoms with Gasteiger partial charge in [0.05, 0.1) is 12.7 Å². The number of hydrogen-bond acceptors (Lipinski definition) is 6. The fourth-order valence-electron chi connectivity index (χ4n) is 1.24. The van der Waals surface area contributed by atoms with Gasteiger partial charge in [0, 0.05) is 39.3 Å². The Labute approximate surface area is 133 Å². The minimum absolute atomic E-state index is 0. The molecule has 1 rings (SSSR count). The van der Waals surface area contributed by atoms with Crippen LogP contribution in [0.25, 0.3) is 0 Å². The van der Waals surface area contributed by atoms with Crippen LogP contribution in [0.5, 0.6) is 0 Å². The van der Waals surface area contributed by atoms with Crippen LogP contribution in [0.4, 0.5) is 0 Å². The van der Waals surface area contributed by atoms with E-state index in [4.69, 9.17) is 15.2 Å². The molecular weight excluding hydrogens is 315 g/mol. The molecule has 0 aliphatic carbocycles. The number of hydrogen-bond donors (Lipinski definition) is 4. The van der Waals surface area contributed by atoms with Crippen LogP contribution >= 0.6 is 0 Å². The normalized spacial score (nSPS) is 34.6. The number of aliphatic hydroxyl groups is 3. The molecule has 1 aliphatic rings. The van der Waals surface area contributed by atoms with E-state index in [0.717, 1.165) is 0 Å². The molecule has 0 unspecified atom stereocenters. The Morgan fingerprint density at radius 2 is 1.78 bits per heavy atom. The molecule has 1 saturated heterocycles. The average molecular weight is 334 g/mol. The van der Waals surface area contributed by atoms with Gasteiger partial charge in [-0.1, -0.05) is 0 Å². The number of ether oxygens (including phenoxy) is 2. The van der Waals surface area contributed by atoms with Crippen molar-refractivity contribution in [2.45, 2.75) is 30.7 Å². The fourth-order valence-corrected chi connectivity index (χ4v) is 1.24. The van der Waals surface area contributed by atoms with Crippen molar-refractivity contribution in [3.8, 4) is 12.3 Å². The zero-order valence-corrected chi connectivity index (χ0v) is 12.9. The number of terminal acetylenes is 1. The van der Waals surface area contributed by atoms with Crippen LogP contribution in [0.1, 0.15) is 0 Å². The van der Waals surface area contributed by atoms with E-state index < -0.39 is 30.7 Å². The smallest absolute Gasteiger partial charge is 0.183 e. The Morgan fingerprint density at radius 3 is 2.22 bits per heavy atom. The summed E-state index contributed by atoms with van der Waals surface area (Å²) in [5.74, 6) is 2.00.